The van der Waals surface area contributed by atoms with Gasteiger partial charge in [0, 0.05) is 31.8 Å². The van der Waals surface area contributed by atoms with Crippen LogP contribution >= 0.6 is 0 Å². The van der Waals surface area contributed by atoms with Gasteiger partial charge in [0.05, 0.1) is 0 Å². The van der Waals surface area contributed by atoms with Crippen LogP contribution in [0.2, 0.25) is 0 Å². The van der Waals surface area contributed by atoms with E-state index in [1.54, 1.807) is 0 Å². The third-order valence-electron chi connectivity index (χ3n) is 8.18. The Morgan fingerprint density at radius 3 is 2.03 bits per heavy atom. The van der Waals surface area contributed by atoms with Gasteiger partial charge in [-0.2, -0.15) is 0 Å². The van der Waals surface area contributed by atoms with E-state index in [0.29, 0.717) is 5.56 Å². The molecule has 0 N–H and O–H groups in total. The molecule has 0 spiro atoms. The van der Waals surface area contributed by atoms with E-state index in [-0.39, 0.29) is 11.0 Å². The molecule has 190 valence electrons. The van der Waals surface area contributed by atoms with Crippen LogP contribution < -0.4 is 4.90 Å². The van der Waals surface area contributed by atoms with E-state index in [9.17, 15) is 0 Å². The third kappa shape index (κ3) is 3.68. The summed E-state index contributed by atoms with van der Waals surface area (Å²) in [4.78, 5) is 2.40. The summed E-state index contributed by atoms with van der Waals surface area (Å²) < 4.78 is 25.7. The second-order valence-corrected chi connectivity index (χ2v) is 12.1. The fourth-order valence-corrected chi connectivity index (χ4v) is 6.35. The number of anilines is 2. The summed E-state index contributed by atoms with van der Waals surface area (Å²) in [5, 5.41) is 2.14. The van der Waals surface area contributed by atoms with Crippen molar-refractivity contribution >= 4 is 22.1 Å². The van der Waals surface area contributed by atoms with Gasteiger partial charge in [-0.15, -0.1) is 0 Å². The molecule has 0 aliphatic heterocycles. The van der Waals surface area contributed by atoms with Crippen molar-refractivity contribution in [2.24, 2.45) is 0 Å². The van der Waals surface area contributed by atoms with Gasteiger partial charge in [0.1, 0.15) is 0 Å². The third-order valence-corrected chi connectivity index (χ3v) is 8.18. The van der Waals surface area contributed by atoms with Crippen molar-refractivity contribution in [2.45, 2.75) is 59.3 Å². The Kier molecular flexibility index (Phi) is 4.78. The normalized spacial score (nSPS) is 15.4. The molecular formula is C37H37N. The SMILES string of the molecule is [2H]C([2H])([2H])c1cc2c(cc1-c1ccc(N(c3ccccc3C)C(C)(C)C)c3ccccc13)-c1ccccc1C2(C)C. The Morgan fingerprint density at radius 1 is 0.605 bits per heavy atom. The monoisotopic (exact) mass is 498 g/mol. The lowest BCUT2D eigenvalue weighted by atomic mass is 9.81. The molecule has 1 aliphatic rings. The van der Waals surface area contributed by atoms with Crippen LogP contribution in [0.15, 0.2) is 97.1 Å². The van der Waals surface area contributed by atoms with E-state index >= 15 is 0 Å². The summed E-state index contributed by atoms with van der Waals surface area (Å²) in [6.45, 7) is 11.0. The lowest BCUT2D eigenvalue weighted by molar-refractivity contribution is 0.560. The second-order valence-electron chi connectivity index (χ2n) is 12.1. The van der Waals surface area contributed by atoms with E-state index < -0.39 is 6.85 Å². The predicted molar refractivity (Wildman–Crippen MR) is 165 cm³/mol. The minimum absolute atomic E-state index is 0.191. The molecule has 0 unspecified atom stereocenters. The molecule has 0 radical (unpaired) electrons. The maximum absolute atomic E-state index is 8.58. The summed E-state index contributed by atoms with van der Waals surface area (Å²) in [5.41, 5.74) is 9.77. The number of aryl methyl sites for hydroxylation is 2. The van der Waals surface area contributed by atoms with E-state index in [4.69, 9.17) is 4.11 Å². The number of nitrogens with zero attached hydrogens (tertiary/aromatic N) is 1. The standard InChI is InChI=1S/C37H37N/c1-24-14-8-13-19-34(24)38(36(3,4)5)35-21-20-27(26-15-9-10-17-29(26)35)30-23-31-28-16-11-12-18-32(28)37(6,7)33(31)22-25(30)2/h8-23H,1-7H3/i2D3. The smallest absolute Gasteiger partial charge is 0.0495 e. The van der Waals surface area contributed by atoms with Gasteiger partial charge < -0.3 is 4.90 Å². The van der Waals surface area contributed by atoms with E-state index in [2.05, 4.69) is 131 Å². The van der Waals surface area contributed by atoms with Crippen molar-refractivity contribution in [3.05, 3.63) is 119 Å². The maximum atomic E-state index is 8.58. The Morgan fingerprint density at radius 2 is 1.29 bits per heavy atom. The zero-order chi connectivity index (χ0) is 29.3. The quantitative estimate of drug-likeness (QED) is 0.239. The van der Waals surface area contributed by atoms with Crippen molar-refractivity contribution in [3.63, 3.8) is 0 Å². The largest absolute Gasteiger partial charge is 0.335 e. The van der Waals surface area contributed by atoms with Gasteiger partial charge in [0.15, 0.2) is 0 Å². The fraction of sp³-hybridized carbons (Fsp3) is 0.243. The van der Waals surface area contributed by atoms with E-state index in [0.717, 1.165) is 44.4 Å². The van der Waals surface area contributed by atoms with Gasteiger partial charge in [0.2, 0.25) is 0 Å². The van der Waals surface area contributed by atoms with Gasteiger partial charge in [-0.3, -0.25) is 0 Å². The molecule has 0 amide bonds. The minimum atomic E-state index is -2.26. The molecular weight excluding hydrogens is 458 g/mol. The molecule has 0 saturated heterocycles. The molecule has 0 fully saturated rings. The van der Waals surface area contributed by atoms with Gasteiger partial charge in [-0.25, -0.2) is 0 Å². The number of para-hydroxylation sites is 1. The summed E-state index contributed by atoms with van der Waals surface area (Å²) >= 11 is 0. The first kappa shape index (κ1) is 21.1. The lowest BCUT2D eigenvalue weighted by Gasteiger charge is -2.39. The molecule has 1 heteroatoms. The van der Waals surface area contributed by atoms with Crippen molar-refractivity contribution in [3.8, 4) is 22.3 Å². The zero-order valence-corrected chi connectivity index (χ0v) is 23.2. The van der Waals surface area contributed by atoms with Gasteiger partial charge in [-0.05, 0) is 103 Å². The highest BCUT2D eigenvalue weighted by Crippen LogP contribution is 2.51. The molecule has 0 aromatic heterocycles. The van der Waals surface area contributed by atoms with Gasteiger partial charge in [0.25, 0.3) is 0 Å². The van der Waals surface area contributed by atoms with Gasteiger partial charge >= 0.3 is 0 Å². The van der Waals surface area contributed by atoms with Crippen LogP contribution in [0.1, 0.15) is 61.0 Å². The molecule has 6 rings (SSSR count). The average Bonchev–Trinajstić information content (AvgIpc) is 3.14. The first-order valence-corrected chi connectivity index (χ1v) is 13.5. The molecule has 5 aromatic carbocycles. The predicted octanol–water partition coefficient (Wildman–Crippen LogP) is 10.4. The Labute approximate surface area is 232 Å². The van der Waals surface area contributed by atoms with Crippen molar-refractivity contribution in [1.82, 2.24) is 0 Å². The molecule has 0 bridgehead atoms. The fourth-order valence-electron chi connectivity index (χ4n) is 6.35. The molecule has 1 aliphatic carbocycles. The molecule has 1 nitrogen and oxygen atoms in total. The Balaban J connectivity index is 1.65. The molecule has 0 heterocycles. The number of hydrogen-bond donors (Lipinski definition) is 0. The lowest BCUT2D eigenvalue weighted by Crippen LogP contribution is -2.38. The first-order valence-electron chi connectivity index (χ1n) is 15.0. The second kappa shape index (κ2) is 8.60. The first-order chi connectivity index (χ1) is 19.3. The summed E-state index contributed by atoms with van der Waals surface area (Å²) in [6, 6.07) is 33.7. The van der Waals surface area contributed by atoms with E-state index in [1.165, 1.54) is 16.7 Å². The highest BCUT2D eigenvalue weighted by atomic mass is 15.2. The van der Waals surface area contributed by atoms with Crippen LogP contribution in [0.5, 0.6) is 0 Å². The topological polar surface area (TPSA) is 3.24 Å². The number of benzene rings is 5. The maximum Gasteiger partial charge on any atom is 0.0495 e. The number of fused-ring (bicyclic) bond motifs is 4. The van der Waals surface area contributed by atoms with Crippen molar-refractivity contribution in [1.29, 1.82) is 0 Å². The van der Waals surface area contributed by atoms with Crippen LogP contribution in [0.25, 0.3) is 33.0 Å². The highest BCUT2D eigenvalue weighted by molar-refractivity contribution is 6.06. The van der Waals surface area contributed by atoms with Crippen LogP contribution in [0.3, 0.4) is 0 Å². The summed E-state index contributed by atoms with van der Waals surface area (Å²) in [5.74, 6) is 0. The summed E-state index contributed by atoms with van der Waals surface area (Å²) in [6.07, 6.45) is 0. The van der Waals surface area contributed by atoms with Crippen molar-refractivity contribution in [2.75, 3.05) is 4.90 Å². The Hall–Kier alpha value is -3.84. The Bertz CT molecular complexity index is 1800. The van der Waals surface area contributed by atoms with Crippen molar-refractivity contribution < 1.29 is 4.11 Å². The van der Waals surface area contributed by atoms with Crippen LogP contribution in [-0.2, 0) is 5.41 Å². The van der Waals surface area contributed by atoms with Crippen LogP contribution in [0, 0.1) is 13.8 Å². The molecule has 0 saturated carbocycles. The van der Waals surface area contributed by atoms with Crippen LogP contribution in [-0.4, -0.2) is 5.54 Å². The number of rotatable bonds is 3. The highest BCUT2D eigenvalue weighted by Gasteiger charge is 2.36. The zero-order valence-electron chi connectivity index (χ0n) is 26.2. The molecule has 5 aromatic rings. The van der Waals surface area contributed by atoms with Gasteiger partial charge in [-0.1, -0.05) is 92.7 Å². The molecule has 38 heavy (non-hydrogen) atoms. The van der Waals surface area contributed by atoms with Crippen LogP contribution in [0.4, 0.5) is 11.4 Å². The average molecular weight is 499 g/mol. The minimum Gasteiger partial charge on any atom is -0.335 e. The summed E-state index contributed by atoms with van der Waals surface area (Å²) in [7, 11) is 0. The van der Waals surface area contributed by atoms with E-state index in [1.807, 2.05) is 12.1 Å². The number of hydrogen-bond acceptors (Lipinski definition) is 1. The molecule has 0 atom stereocenters.